The first-order chi connectivity index (χ1) is 39.1. The quantitative estimate of drug-likeness (QED) is 0.0263. The average molecular weight is 1090 g/mol. The Kier molecular flexibility index (Phi) is 22.4. The van der Waals surface area contributed by atoms with E-state index in [-0.39, 0.29) is 75.9 Å². The van der Waals surface area contributed by atoms with Gasteiger partial charge in [-0.3, -0.25) is 19.2 Å². The summed E-state index contributed by atoms with van der Waals surface area (Å²) in [6.07, 6.45) is 12.6. The second-order valence-electron chi connectivity index (χ2n) is 21.1. The molecule has 4 aromatic carbocycles. The molecule has 0 saturated heterocycles. The highest BCUT2D eigenvalue weighted by Gasteiger charge is 2.44. The Morgan fingerprint density at radius 1 is 0.688 bits per heavy atom. The zero-order valence-electron chi connectivity index (χ0n) is 45.6. The van der Waals surface area contributed by atoms with Gasteiger partial charge < -0.3 is 55.0 Å². The Labute approximate surface area is 468 Å². The summed E-state index contributed by atoms with van der Waals surface area (Å²) in [6.45, 7) is 1.09. The van der Waals surface area contributed by atoms with Gasteiger partial charge in [-0.25, -0.2) is 14.8 Å². The topological polar surface area (TPSA) is 234 Å². The van der Waals surface area contributed by atoms with Crippen LogP contribution < -0.4 is 21.7 Å². The molecule has 2 aliphatic rings. The Morgan fingerprint density at radius 2 is 1.29 bits per heavy atom. The maximum atomic E-state index is 16.3. The summed E-state index contributed by atoms with van der Waals surface area (Å²) in [4.78, 5) is 82.6. The van der Waals surface area contributed by atoms with Gasteiger partial charge in [0.25, 0.3) is 0 Å². The van der Waals surface area contributed by atoms with Gasteiger partial charge in [0, 0.05) is 49.6 Å². The monoisotopic (exact) mass is 1090 g/mol. The third kappa shape index (κ3) is 17.4. The number of hydrogen-bond acceptors (Lipinski definition) is 11. The number of benzene rings is 4. The van der Waals surface area contributed by atoms with E-state index < -0.39 is 54.1 Å². The molecule has 2 fully saturated rings. The minimum absolute atomic E-state index is 0.00877. The van der Waals surface area contributed by atoms with Crippen LogP contribution in [-0.4, -0.2) is 89.5 Å². The minimum Gasteiger partial charge on any atom is -0.445 e. The number of rotatable bonds is 31. The Hall–Kier alpha value is -7.67. The summed E-state index contributed by atoms with van der Waals surface area (Å²) in [7, 11) is 0. The van der Waals surface area contributed by atoms with Crippen molar-refractivity contribution in [2.45, 2.75) is 153 Å². The molecule has 18 heteroatoms. The van der Waals surface area contributed by atoms with Crippen LogP contribution in [0.15, 0.2) is 146 Å². The molecule has 5 atom stereocenters. The molecule has 80 heavy (non-hydrogen) atoms. The van der Waals surface area contributed by atoms with Gasteiger partial charge in [-0.2, -0.15) is 0 Å². The lowest BCUT2D eigenvalue weighted by Gasteiger charge is -2.42. The van der Waals surface area contributed by atoms with Gasteiger partial charge >= 0.3 is 6.09 Å². The van der Waals surface area contributed by atoms with E-state index in [1.54, 1.807) is 34.1 Å². The number of primary amides is 1. The van der Waals surface area contributed by atoms with Crippen molar-refractivity contribution in [3.05, 3.63) is 180 Å². The third-order valence-electron chi connectivity index (χ3n) is 15.2. The molecule has 0 aliphatic heterocycles. The summed E-state index contributed by atoms with van der Waals surface area (Å²) in [5, 5.41) is 21.9. The largest absolute Gasteiger partial charge is 0.445 e. The van der Waals surface area contributed by atoms with Gasteiger partial charge in [0.1, 0.15) is 50.1 Å². The van der Waals surface area contributed by atoms with E-state index in [1.165, 1.54) is 4.90 Å². The number of imidazole rings is 2. The Morgan fingerprint density at radius 3 is 1.89 bits per heavy atom. The summed E-state index contributed by atoms with van der Waals surface area (Å²) in [5.74, 6) is -2.30. The molecule has 0 bridgehead atoms. The average Bonchev–Trinajstić information content (AvgIpc) is 4.13. The fraction of sp³-hybridized carbons (Fsp3) is 0.435. The second kappa shape index (κ2) is 30.6. The lowest BCUT2D eigenvalue weighted by Crippen LogP contribution is -2.62. The van der Waals surface area contributed by atoms with Gasteiger partial charge in [0.15, 0.2) is 0 Å². The van der Waals surface area contributed by atoms with E-state index in [2.05, 4.69) is 25.9 Å². The Bertz CT molecular complexity index is 2840. The molecule has 0 radical (unpaired) electrons. The van der Waals surface area contributed by atoms with Crippen LogP contribution in [0.2, 0.25) is 0 Å². The van der Waals surface area contributed by atoms with Gasteiger partial charge in [0.05, 0.1) is 25.6 Å². The molecule has 0 unspecified atom stereocenters. The maximum absolute atomic E-state index is 16.3. The van der Waals surface area contributed by atoms with Gasteiger partial charge in [-0.05, 0) is 66.7 Å². The molecular formula is C62H77N9O9. The van der Waals surface area contributed by atoms with Crippen molar-refractivity contribution in [1.82, 2.24) is 40.0 Å². The number of carbonyl (C=O) groups excluding carboxylic acids is 5. The number of nitrogens with zero attached hydrogens (tertiary/aromatic N) is 5. The predicted octanol–water partition coefficient (Wildman–Crippen LogP) is 7.83. The Balaban J connectivity index is 1.11. The molecule has 424 valence electrons. The van der Waals surface area contributed by atoms with Crippen LogP contribution in [0.3, 0.4) is 0 Å². The fourth-order valence-corrected chi connectivity index (χ4v) is 10.6. The number of carbonyl (C=O) groups is 5. The molecule has 6 N–H and O–H groups in total. The highest BCUT2D eigenvalue weighted by Crippen LogP contribution is 2.35. The molecule has 2 aromatic heterocycles. The number of amides is 5. The van der Waals surface area contributed by atoms with Crippen molar-refractivity contribution < 1.29 is 43.3 Å². The van der Waals surface area contributed by atoms with Crippen molar-refractivity contribution in [1.29, 1.82) is 0 Å². The van der Waals surface area contributed by atoms with Gasteiger partial charge in [0.2, 0.25) is 23.6 Å². The van der Waals surface area contributed by atoms with Crippen molar-refractivity contribution in [2.24, 2.45) is 17.6 Å². The van der Waals surface area contributed by atoms with E-state index in [0.717, 1.165) is 55.2 Å². The normalized spacial score (nSPS) is 15.6. The van der Waals surface area contributed by atoms with Crippen LogP contribution in [0.5, 0.6) is 0 Å². The number of unbranched alkanes of at least 4 members (excludes halogenated alkanes) is 1. The smallest absolute Gasteiger partial charge is 0.407 e. The van der Waals surface area contributed by atoms with Crippen LogP contribution in [0.4, 0.5) is 4.79 Å². The van der Waals surface area contributed by atoms with E-state index in [4.69, 9.17) is 19.9 Å². The van der Waals surface area contributed by atoms with E-state index in [9.17, 15) is 19.5 Å². The number of ether oxygens (including phenoxy) is 3. The first-order valence-corrected chi connectivity index (χ1v) is 28.2. The molecule has 5 amide bonds. The van der Waals surface area contributed by atoms with Crippen LogP contribution in [0.1, 0.15) is 117 Å². The first-order valence-electron chi connectivity index (χ1n) is 28.2. The zero-order valence-corrected chi connectivity index (χ0v) is 45.6. The number of nitrogens with one attached hydrogen (secondary N) is 3. The van der Waals surface area contributed by atoms with Crippen LogP contribution in [0.25, 0.3) is 0 Å². The number of aliphatic hydroxyl groups excluding tert-OH is 1. The van der Waals surface area contributed by atoms with Crippen molar-refractivity contribution >= 4 is 29.7 Å². The maximum Gasteiger partial charge on any atom is 0.407 e. The molecular weight excluding hydrogens is 1010 g/mol. The predicted molar refractivity (Wildman–Crippen MR) is 300 cm³/mol. The fourth-order valence-electron chi connectivity index (χ4n) is 10.6. The number of alkyl carbamates (subject to hydrolysis) is 1. The molecule has 0 spiro atoms. The second-order valence-corrected chi connectivity index (χ2v) is 21.1. The first kappa shape index (κ1) is 58.5. The summed E-state index contributed by atoms with van der Waals surface area (Å²) in [5.41, 5.74) is 10.6. The molecule has 6 aromatic rings. The van der Waals surface area contributed by atoms with Crippen molar-refractivity contribution in [2.75, 3.05) is 6.54 Å². The van der Waals surface area contributed by atoms with Crippen LogP contribution in [0, 0.1) is 11.8 Å². The van der Waals surface area contributed by atoms with E-state index in [0.29, 0.717) is 50.2 Å². The lowest BCUT2D eigenvalue weighted by molar-refractivity contribution is -0.149. The highest BCUT2D eigenvalue weighted by molar-refractivity contribution is 5.95. The van der Waals surface area contributed by atoms with Crippen molar-refractivity contribution in [3.8, 4) is 0 Å². The zero-order chi connectivity index (χ0) is 55.9. The van der Waals surface area contributed by atoms with Gasteiger partial charge in [-0.15, -0.1) is 0 Å². The SMILES string of the molecule is NC(=O)[C@H](Cc1cncn1COCc1ccccc1)N(C(=O)[C@H](Cc1ccccc1)NC(=O)[C@H](CCCCNC(=O)OCc1ccccc1)NC(=O)C1CCC1)[C@@H](CC1CCCCC1)[C@@H](O)c1nccn1COCc1ccccc1. The number of nitrogens with two attached hydrogens (primary N) is 1. The van der Waals surface area contributed by atoms with E-state index in [1.807, 2.05) is 121 Å². The van der Waals surface area contributed by atoms with Crippen molar-refractivity contribution in [3.63, 3.8) is 0 Å². The lowest BCUT2D eigenvalue weighted by atomic mass is 9.82. The number of aliphatic hydroxyl groups is 1. The summed E-state index contributed by atoms with van der Waals surface area (Å²) >= 11 is 0. The van der Waals surface area contributed by atoms with E-state index >= 15 is 9.59 Å². The molecule has 2 aliphatic carbocycles. The van der Waals surface area contributed by atoms with Crippen LogP contribution in [-0.2, 0) is 79.5 Å². The molecule has 2 saturated carbocycles. The standard InChI is InChI=1S/C62H77N9O9/c63-57(73)55(37-51-38-64-42-70(51)44-79-40-48-25-12-4-13-26-48)71(54(36-46-21-8-2-9-22-46)56(72)58-65-33-34-69(58)43-78-39-47-23-10-3-11-24-47)61(76)53(35-45-19-6-1-7-20-45)68-60(75)52(67-59(74)50-29-18-30-50)31-16-17-32-66-62(77)80-41-49-27-14-5-15-28-49/h1,3-7,10-15,19-20,23-28,33-34,38,42,46,50,52-56,72H,2,8-9,16-18,21-22,29-32,35-37,39-41,43-44H2,(H2,63,73)(H,66,77)(H,67,74)(H,68,75)/t52-,53-,54-,55-,56+/m0/s1. The third-order valence-corrected chi connectivity index (χ3v) is 15.2. The van der Waals surface area contributed by atoms with Gasteiger partial charge in [-0.1, -0.05) is 160 Å². The summed E-state index contributed by atoms with van der Waals surface area (Å²) in [6, 6.07) is 33.1. The summed E-state index contributed by atoms with van der Waals surface area (Å²) < 4.78 is 21.1. The highest BCUT2D eigenvalue weighted by atomic mass is 16.5. The molecule has 2 heterocycles. The minimum atomic E-state index is -1.47. The number of hydrogen-bond donors (Lipinski definition) is 5. The van der Waals surface area contributed by atoms with Crippen LogP contribution >= 0.6 is 0 Å². The number of aromatic nitrogens is 4. The molecule has 8 rings (SSSR count). The molecule has 18 nitrogen and oxygen atoms in total.